The Morgan fingerprint density at radius 2 is 2.14 bits per heavy atom. The second-order valence-corrected chi connectivity index (χ2v) is 3.51. The van der Waals surface area contributed by atoms with E-state index in [2.05, 4.69) is 4.98 Å². The molecule has 1 saturated heterocycles. The molecule has 0 spiro atoms. The van der Waals surface area contributed by atoms with Crippen molar-refractivity contribution in [2.45, 2.75) is 31.5 Å². The van der Waals surface area contributed by atoms with E-state index in [1.54, 1.807) is 12.4 Å². The third-order valence-corrected chi connectivity index (χ3v) is 2.52. The molecule has 1 aliphatic heterocycles. The molecule has 0 N–H and O–H groups in total. The molecule has 3 nitrogen and oxygen atoms in total. The van der Waals surface area contributed by atoms with E-state index < -0.39 is 0 Å². The van der Waals surface area contributed by atoms with Gasteiger partial charge in [0.1, 0.15) is 12.4 Å². The highest BCUT2D eigenvalue weighted by Crippen LogP contribution is 2.29. The number of rotatable bonds is 2. The molecule has 3 heteroatoms. The lowest BCUT2D eigenvalue weighted by molar-refractivity contribution is -0.127. The van der Waals surface area contributed by atoms with Gasteiger partial charge in [0.25, 0.3) is 0 Å². The van der Waals surface area contributed by atoms with Gasteiger partial charge in [-0.15, -0.1) is 0 Å². The highest BCUT2D eigenvalue weighted by molar-refractivity contribution is 5.56. The van der Waals surface area contributed by atoms with Crippen LogP contribution in [-0.2, 0) is 9.53 Å². The molecule has 1 aromatic heterocycles. The molecule has 0 bridgehead atoms. The van der Waals surface area contributed by atoms with Crippen LogP contribution in [0.15, 0.2) is 24.5 Å². The topological polar surface area (TPSA) is 39.2 Å². The largest absolute Gasteiger partial charge is 0.363 e. The fourth-order valence-electron chi connectivity index (χ4n) is 1.77. The van der Waals surface area contributed by atoms with E-state index >= 15 is 0 Å². The number of hydrogen-bond acceptors (Lipinski definition) is 3. The lowest BCUT2D eigenvalue weighted by Crippen LogP contribution is -2.23. The van der Waals surface area contributed by atoms with Gasteiger partial charge in [0.2, 0.25) is 0 Å². The minimum absolute atomic E-state index is 0.0712. The van der Waals surface area contributed by atoms with E-state index in [-0.39, 0.29) is 12.2 Å². The summed E-state index contributed by atoms with van der Waals surface area (Å²) in [6.45, 7) is 0. The van der Waals surface area contributed by atoms with Crippen molar-refractivity contribution in [2.75, 3.05) is 0 Å². The van der Waals surface area contributed by atoms with Crippen molar-refractivity contribution in [3.05, 3.63) is 30.1 Å². The summed E-state index contributed by atoms with van der Waals surface area (Å²) in [6, 6.07) is 3.88. The van der Waals surface area contributed by atoms with Gasteiger partial charge in [-0.3, -0.25) is 4.98 Å². The molecule has 2 atom stereocenters. The number of nitrogens with zero attached hydrogens (tertiary/aromatic N) is 1. The average Bonchev–Trinajstić information content (AvgIpc) is 2.30. The Morgan fingerprint density at radius 1 is 1.36 bits per heavy atom. The zero-order chi connectivity index (χ0) is 9.80. The first-order valence-electron chi connectivity index (χ1n) is 4.91. The third kappa shape index (κ3) is 1.99. The maximum absolute atomic E-state index is 10.6. The highest BCUT2D eigenvalue weighted by atomic mass is 16.5. The highest BCUT2D eigenvalue weighted by Gasteiger charge is 2.22. The number of carbonyl (C=O) groups excluding carboxylic acids is 1. The van der Waals surface area contributed by atoms with Crippen LogP contribution in [0.4, 0.5) is 0 Å². The quantitative estimate of drug-likeness (QED) is 0.670. The van der Waals surface area contributed by atoms with Crippen LogP contribution >= 0.6 is 0 Å². The molecule has 2 rings (SSSR count). The Labute approximate surface area is 83.1 Å². The number of aldehydes is 1. The van der Waals surface area contributed by atoms with E-state index in [4.69, 9.17) is 4.74 Å². The van der Waals surface area contributed by atoms with Gasteiger partial charge >= 0.3 is 0 Å². The average molecular weight is 191 g/mol. The number of pyridine rings is 1. The van der Waals surface area contributed by atoms with Gasteiger partial charge in [-0.25, -0.2) is 0 Å². The Kier molecular flexibility index (Phi) is 2.89. The van der Waals surface area contributed by atoms with Crippen LogP contribution in [0.5, 0.6) is 0 Å². The first-order valence-corrected chi connectivity index (χ1v) is 4.91. The van der Waals surface area contributed by atoms with Crippen LogP contribution in [0.25, 0.3) is 0 Å². The lowest BCUT2D eigenvalue weighted by atomic mass is 10.00. The Bertz CT molecular complexity index is 299. The van der Waals surface area contributed by atoms with Gasteiger partial charge in [-0.2, -0.15) is 0 Å². The van der Waals surface area contributed by atoms with E-state index in [9.17, 15) is 4.79 Å². The zero-order valence-electron chi connectivity index (χ0n) is 7.93. The summed E-state index contributed by atoms with van der Waals surface area (Å²) < 4.78 is 5.63. The Balaban J connectivity index is 2.08. The molecule has 2 unspecified atom stereocenters. The molecule has 1 aliphatic rings. The van der Waals surface area contributed by atoms with E-state index in [1.807, 2.05) is 12.1 Å². The van der Waals surface area contributed by atoms with E-state index in [1.165, 1.54) is 0 Å². The van der Waals surface area contributed by atoms with Gasteiger partial charge in [0.05, 0.1) is 6.10 Å². The van der Waals surface area contributed by atoms with Crippen molar-refractivity contribution in [1.29, 1.82) is 0 Å². The van der Waals surface area contributed by atoms with Crippen LogP contribution in [0, 0.1) is 0 Å². The molecule has 0 radical (unpaired) electrons. The summed E-state index contributed by atoms with van der Waals surface area (Å²) in [5.41, 5.74) is 1.12. The molecule has 0 saturated carbocycles. The fourth-order valence-corrected chi connectivity index (χ4v) is 1.77. The summed E-state index contributed by atoms with van der Waals surface area (Å²) >= 11 is 0. The molecule has 1 fully saturated rings. The number of aromatic nitrogens is 1. The molecule has 0 amide bonds. The monoisotopic (exact) mass is 191 g/mol. The van der Waals surface area contributed by atoms with Crippen molar-refractivity contribution in [3.63, 3.8) is 0 Å². The normalized spacial score (nSPS) is 27.1. The summed E-state index contributed by atoms with van der Waals surface area (Å²) in [4.78, 5) is 14.6. The fraction of sp³-hybridized carbons (Fsp3) is 0.455. The summed E-state index contributed by atoms with van der Waals surface area (Å²) in [5.74, 6) is 0. The van der Waals surface area contributed by atoms with Crippen LogP contribution in [0.2, 0.25) is 0 Å². The van der Waals surface area contributed by atoms with Crippen LogP contribution in [0.1, 0.15) is 30.9 Å². The minimum atomic E-state index is -0.220. The molecule has 0 aromatic carbocycles. The van der Waals surface area contributed by atoms with Gasteiger partial charge in [0, 0.05) is 12.4 Å². The third-order valence-electron chi connectivity index (χ3n) is 2.52. The predicted molar refractivity (Wildman–Crippen MR) is 51.8 cm³/mol. The molecule has 74 valence electrons. The van der Waals surface area contributed by atoms with Crippen molar-refractivity contribution in [1.82, 2.24) is 4.98 Å². The Hall–Kier alpha value is -1.22. The van der Waals surface area contributed by atoms with Crippen molar-refractivity contribution in [2.24, 2.45) is 0 Å². The predicted octanol–water partition coefficient (Wildman–Crippen LogP) is 1.89. The first-order chi connectivity index (χ1) is 6.90. The number of carbonyl (C=O) groups is 1. The Morgan fingerprint density at radius 3 is 2.86 bits per heavy atom. The molecule has 2 heterocycles. The number of hydrogen-bond donors (Lipinski definition) is 0. The second kappa shape index (κ2) is 4.33. The maximum Gasteiger partial charge on any atom is 0.148 e. The molecule has 1 aromatic rings. The minimum Gasteiger partial charge on any atom is -0.363 e. The second-order valence-electron chi connectivity index (χ2n) is 3.51. The zero-order valence-corrected chi connectivity index (χ0v) is 7.93. The van der Waals surface area contributed by atoms with E-state index in [0.29, 0.717) is 0 Å². The van der Waals surface area contributed by atoms with Crippen molar-refractivity contribution >= 4 is 6.29 Å². The molecular weight excluding hydrogens is 178 g/mol. The summed E-state index contributed by atoms with van der Waals surface area (Å²) in [5, 5.41) is 0. The van der Waals surface area contributed by atoms with Gasteiger partial charge < -0.3 is 9.53 Å². The number of ether oxygens (including phenoxy) is 1. The molecular formula is C11H13NO2. The smallest absolute Gasteiger partial charge is 0.148 e. The van der Waals surface area contributed by atoms with Gasteiger partial charge in [-0.1, -0.05) is 0 Å². The van der Waals surface area contributed by atoms with Crippen LogP contribution in [0.3, 0.4) is 0 Å². The van der Waals surface area contributed by atoms with Gasteiger partial charge in [0.15, 0.2) is 0 Å². The van der Waals surface area contributed by atoms with E-state index in [0.717, 1.165) is 31.1 Å². The van der Waals surface area contributed by atoms with Crippen LogP contribution < -0.4 is 0 Å². The molecule has 14 heavy (non-hydrogen) atoms. The standard InChI is InChI=1S/C11H13NO2/c13-8-10-2-1-3-11(14-10)9-4-6-12-7-5-9/h4-8,10-11H,1-3H2. The SMILES string of the molecule is O=CC1CCCC(c2ccncc2)O1. The van der Waals surface area contributed by atoms with Crippen molar-refractivity contribution in [3.8, 4) is 0 Å². The first kappa shape index (κ1) is 9.34. The molecule has 0 aliphatic carbocycles. The van der Waals surface area contributed by atoms with Crippen molar-refractivity contribution < 1.29 is 9.53 Å². The maximum atomic E-state index is 10.6. The summed E-state index contributed by atoms with van der Waals surface area (Å²) in [6.07, 6.45) is 7.15. The lowest BCUT2D eigenvalue weighted by Gasteiger charge is -2.27. The van der Waals surface area contributed by atoms with Crippen LogP contribution in [-0.4, -0.2) is 17.4 Å². The summed E-state index contributed by atoms with van der Waals surface area (Å²) in [7, 11) is 0. The van der Waals surface area contributed by atoms with Gasteiger partial charge in [-0.05, 0) is 37.0 Å².